The summed E-state index contributed by atoms with van der Waals surface area (Å²) in [7, 11) is 1.50. The van der Waals surface area contributed by atoms with Gasteiger partial charge in [-0.2, -0.15) is 0 Å². The average molecular weight is 218 g/mol. The Balaban J connectivity index is 2.54. The van der Waals surface area contributed by atoms with Crippen LogP contribution in [0.15, 0.2) is 24.3 Å². The molecule has 0 saturated heterocycles. The molecule has 0 bridgehead atoms. The highest BCUT2D eigenvalue weighted by atomic mass is 16.7. The van der Waals surface area contributed by atoms with Crippen molar-refractivity contribution in [1.82, 2.24) is 5.06 Å². The molecule has 1 rings (SSSR count). The fourth-order valence-electron chi connectivity index (χ4n) is 1.12. The van der Waals surface area contributed by atoms with Gasteiger partial charge in [0.05, 0.1) is 0 Å². The second-order valence-corrected chi connectivity index (χ2v) is 3.27. The number of nitrogens with zero attached hydrogens (tertiary/aromatic N) is 1. The monoisotopic (exact) mass is 218 g/mol. The van der Waals surface area contributed by atoms with Gasteiger partial charge in [0.2, 0.25) is 0 Å². The van der Waals surface area contributed by atoms with Crippen LogP contribution < -0.4 is 5.32 Å². The molecule has 0 aliphatic carbocycles. The van der Waals surface area contributed by atoms with Crippen molar-refractivity contribution in [2.24, 2.45) is 0 Å². The smallest absolute Gasteiger partial charge is 0.306 e. The van der Waals surface area contributed by atoms with Gasteiger partial charge in [-0.1, -0.05) is 18.1 Å². The summed E-state index contributed by atoms with van der Waals surface area (Å²) in [4.78, 5) is 16.5. The second kappa shape index (κ2) is 5.79. The van der Waals surface area contributed by atoms with E-state index in [1.54, 1.807) is 6.07 Å². The van der Waals surface area contributed by atoms with Crippen LogP contribution in [0.25, 0.3) is 0 Å². The molecule has 0 heterocycles. The molecular weight excluding hydrogens is 204 g/mol. The maximum absolute atomic E-state index is 11.6. The number of urea groups is 1. The Hall–Kier alpha value is -1.99. The third kappa shape index (κ3) is 3.64. The van der Waals surface area contributed by atoms with E-state index in [1.165, 1.54) is 7.05 Å². The van der Waals surface area contributed by atoms with E-state index in [9.17, 15) is 4.79 Å². The number of rotatable bonds is 3. The highest BCUT2D eigenvalue weighted by molar-refractivity contribution is 5.88. The number of nitrogens with one attached hydrogen (secondary N) is 1. The summed E-state index contributed by atoms with van der Waals surface area (Å²) in [5.41, 5.74) is 1.80. The van der Waals surface area contributed by atoms with Crippen molar-refractivity contribution in [3.8, 4) is 12.3 Å². The second-order valence-electron chi connectivity index (χ2n) is 3.27. The fourth-order valence-corrected chi connectivity index (χ4v) is 1.12. The molecule has 4 nitrogen and oxygen atoms in total. The number of terminal acetylenes is 1. The normalized spacial score (nSPS) is 9.31. The highest BCUT2D eigenvalue weighted by Crippen LogP contribution is 2.09. The van der Waals surface area contributed by atoms with Crippen LogP contribution >= 0.6 is 0 Å². The molecule has 0 atom stereocenters. The molecule has 4 heteroatoms. The number of benzene rings is 1. The largest absolute Gasteiger partial charge is 0.345 e. The number of carbonyl (C=O) groups excluding carboxylic acids is 1. The van der Waals surface area contributed by atoms with Crippen molar-refractivity contribution in [2.45, 2.75) is 6.92 Å². The molecule has 0 saturated carbocycles. The lowest BCUT2D eigenvalue weighted by atomic mass is 10.2. The number of anilines is 1. The third-order valence-corrected chi connectivity index (χ3v) is 1.90. The molecule has 0 aromatic heterocycles. The molecule has 84 valence electrons. The van der Waals surface area contributed by atoms with Crippen molar-refractivity contribution >= 4 is 11.7 Å². The lowest BCUT2D eigenvalue weighted by Gasteiger charge is -2.16. The number of hydroxylamine groups is 2. The van der Waals surface area contributed by atoms with E-state index in [4.69, 9.17) is 11.3 Å². The quantitative estimate of drug-likeness (QED) is 0.623. The van der Waals surface area contributed by atoms with Crippen LogP contribution in [0.3, 0.4) is 0 Å². The van der Waals surface area contributed by atoms with Crippen molar-refractivity contribution in [3.05, 3.63) is 29.8 Å². The lowest BCUT2D eigenvalue weighted by molar-refractivity contribution is -0.0776. The van der Waals surface area contributed by atoms with E-state index < -0.39 is 0 Å². The van der Waals surface area contributed by atoms with Gasteiger partial charge in [-0.05, 0) is 24.6 Å². The maximum Gasteiger partial charge on any atom is 0.345 e. The van der Waals surface area contributed by atoms with E-state index in [1.807, 2.05) is 25.1 Å². The molecule has 2 amide bonds. The number of aryl methyl sites for hydroxylation is 1. The molecular formula is C12H14N2O2. The first-order chi connectivity index (χ1) is 7.63. The first-order valence-electron chi connectivity index (χ1n) is 4.81. The van der Waals surface area contributed by atoms with Crippen LogP contribution in [-0.4, -0.2) is 24.7 Å². The Morgan fingerprint density at radius 2 is 2.38 bits per heavy atom. The predicted molar refractivity (Wildman–Crippen MR) is 62.7 cm³/mol. The molecule has 0 spiro atoms. The summed E-state index contributed by atoms with van der Waals surface area (Å²) in [6.45, 7) is 2.02. The van der Waals surface area contributed by atoms with Crippen LogP contribution in [0.5, 0.6) is 0 Å². The molecule has 16 heavy (non-hydrogen) atoms. The minimum absolute atomic E-state index is 0.0672. The van der Waals surface area contributed by atoms with Gasteiger partial charge in [-0.15, -0.1) is 6.42 Å². The number of carbonyl (C=O) groups is 1. The number of hydrogen-bond acceptors (Lipinski definition) is 2. The minimum Gasteiger partial charge on any atom is -0.306 e. The summed E-state index contributed by atoms with van der Waals surface area (Å²) in [5.74, 6) is 2.28. The Morgan fingerprint density at radius 3 is 3.00 bits per heavy atom. The molecule has 0 aliphatic heterocycles. The van der Waals surface area contributed by atoms with Crippen LogP contribution in [-0.2, 0) is 4.84 Å². The van der Waals surface area contributed by atoms with Crippen molar-refractivity contribution in [3.63, 3.8) is 0 Å². The van der Waals surface area contributed by atoms with Gasteiger partial charge in [-0.25, -0.2) is 9.86 Å². The first kappa shape index (κ1) is 12.1. The van der Waals surface area contributed by atoms with Crippen molar-refractivity contribution < 1.29 is 9.63 Å². The molecule has 1 aromatic carbocycles. The van der Waals surface area contributed by atoms with Crippen LogP contribution in [0.2, 0.25) is 0 Å². The van der Waals surface area contributed by atoms with Crippen molar-refractivity contribution in [2.75, 3.05) is 19.0 Å². The summed E-state index contributed by atoms with van der Waals surface area (Å²) < 4.78 is 0. The molecule has 0 aliphatic rings. The fraction of sp³-hybridized carbons (Fsp3) is 0.250. The minimum atomic E-state index is -0.360. The van der Waals surface area contributed by atoms with Gasteiger partial charge in [0.15, 0.2) is 0 Å². The molecule has 0 radical (unpaired) electrons. The topological polar surface area (TPSA) is 41.6 Å². The van der Waals surface area contributed by atoms with E-state index in [0.29, 0.717) is 0 Å². The molecule has 0 fully saturated rings. The number of hydrogen-bond donors (Lipinski definition) is 1. The zero-order valence-electron chi connectivity index (χ0n) is 9.36. The van der Waals surface area contributed by atoms with Crippen LogP contribution in [0, 0.1) is 19.3 Å². The molecule has 1 N–H and O–H groups in total. The zero-order chi connectivity index (χ0) is 12.0. The van der Waals surface area contributed by atoms with E-state index in [2.05, 4.69) is 11.2 Å². The van der Waals surface area contributed by atoms with E-state index >= 15 is 0 Å². The Labute approximate surface area is 95.2 Å². The molecule has 0 unspecified atom stereocenters. The summed E-state index contributed by atoms with van der Waals surface area (Å²) in [6, 6.07) is 7.13. The van der Waals surface area contributed by atoms with Gasteiger partial charge in [0, 0.05) is 12.7 Å². The first-order valence-corrected chi connectivity index (χ1v) is 4.81. The summed E-state index contributed by atoms with van der Waals surface area (Å²) in [6.07, 6.45) is 5.02. The third-order valence-electron chi connectivity index (χ3n) is 1.90. The Kier molecular flexibility index (Phi) is 4.37. The Bertz CT molecular complexity index is 410. The van der Waals surface area contributed by atoms with Gasteiger partial charge in [0.25, 0.3) is 0 Å². The highest BCUT2D eigenvalue weighted by Gasteiger charge is 2.08. The molecule has 1 aromatic rings. The lowest BCUT2D eigenvalue weighted by Crippen LogP contribution is -2.31. The summed E-state index contributed by atoms with van der Waals surface area (Å²) in [5, 5.41) is 3.76. The van der Waals surface area contributed by atoms with Gasteiger partial charge in [0.1, 0.15) is 6.61 Å². The van der Waals surface area contributed by atoms with Gasteiger partial charge < -0.3 is 5.32 Å². The van der Waals surface area contributed by atoms with Crippen LogP contribution in [0.4, 0.5) is 10.5 Å². The SMILES string of the molecule is C#CCON(C)C(=O)Nc1cccc(C)c1. The van der Waals surface area contributed by atoms with E-state index in [0.717, 1.165) is 16.3 Å². The van der Waals surface area contributed by atoms with Gasteiger partial charge in [-0.3, -0.25) is 4.84 Å². The standard InChI is InChI=1S/C12H14N2O2/c1-4-8-16-14(3)12(15)13-11-7-5-6-10(2)9-11/h1,5-7,9H,8H2,2-3H3,(H,13,15). The Morgan fingerprint density at radius 1 is 1.62 bits per heavy atom. The van der Waals surface area contributed by atoms with Gasteiger partial charge >= 0.3 is 6.03 Å². The zero-order valence-corrected chi connectivity index (χ0v) is 9.36. The number of amides is 2. The van der Waals surface area contributed by atoms with Crippen molar-refractivity contribution in [1.29, 1.82) is 0 Å². The van der Waals surface area contributed by atoms with Crippen LogP contribution in [0.1, 0.15) is 5.56 Å². The maximum atomic E-state index is 11.6. The average Bonchev–Trinajstić information content (AvgIpc) is 2.25. The predicted octanol–water partition coefficient (Wildman–Crippen LogP) is 2.02. The summed E-state index contributed by atoms with van der Waals surface area (Å²) >= 11 is 0. The van der Waals surface area contributed by atoms with E-state index in [-0.39, 0.29) is 12.6 Å².